The summed E-state index contributed by atoms with van der Waals surface area (Å²) in [6, 6.07) is 51.9. The number of imidazole rings is 1. The molecule has 0 atom stereocenters. The SMILES string of the molecule is CC(C)(C)c1cc(-c2nc3c(-c4cccc(-c5ccc6c(c5)=NB(c5ccccc5)N=6)n4)cccc3n2-c2ccccc2-c2ccccc2)c(O)c(C(C)(C)C)c1. The fourth-order valence-electron chi connectivity index (χ4n) is 7.78. The first kappa shape index (κ1) is 36.1. The Labute approximate surface area is 334 Å². The summed E-state index contributed by atoms with van der Waals surface area (Å²) < 4.78 is 2.22. The number of hydrogen-bond donors (Lipinski definition) is 1. The van der Waals surface area contributed by atoms with Crippen molar-refractivity contribution >= 4 is 23.5 Å². The lowest BCUT2D eigenvalue weighted by Crippen LogP contribution is -2.25. The van der Waals surface area contributed by atoms with Crippen LogP contribution in [-0.2, 0) is 10.8 Å². The van der Waals surface area contributed by atoms with E-state index >= 15 is 0 Å². The summed E-state index contributed by atoms with van der Waals surface area (Å²) in [6.07, 6.45) is 0. The van der Waals surface area contributed by atoms with E-state index in [4.69, 9.17) is 19.8 Å². The van der Waals surface area contributed by atoms with E-state index in [2.05, 4.69) is 155 Å². The molecule has 0 radical (unpaired) electrons. The second kappa shape index (κ2) is 13.9. The van der Waals surface area contributed by atoms with Gasteiger partial charge in [0.15, 0.2) is 0 Å². The second-order valence-corrected chi connectivity index (χ2v) is 16.9. The van der Waals surface area contributed by atoms with E-state index in [1.165, 1.54) is 0 Å². The molecular weight excluding hydrogens is 697 g/mol. The molecule has 57 heavy (non-hydrogen) atoms. The van der Waals surface area contributed by atoms with Crippen LogP contribution >= 0.6 is 0 Å². The summed E-state index contributed by atoms with van der Waals surface area (Å²) in [6.45, 7) is 12.8. The normalized spacial score (nSPS) is 12.7. The van der Waals surface area contributed by atoms with Crippen LogP contribution in [0.2, 0.25) is 0 Å². The highest BCUT2D eigenvalue weighted by Crippen LogP contribution is 2.45. The highest BCUT2D eigenvalue weighted by atomic mass is 16.3. The van der Waals surface area contributed by atoms with Gasteiger partial charge in [-0.25, -0.2) is 9.97 Å². The first-order chi connectivity index (χ1) is 27.4. The van der Waals surface area contributed by atoms with Gasteiger partial charge in [0, 0.05) is 22.3 Å². The van der Waals surface area contributed by atoms with Gasteiger partial charge >= 0.3 is 6.98 Å². The zero-order valence-corrected chi connectivity index (χ0v) is 33.2. The Morgan fingerprint density at radius 3 is 1.95 bits per heavy atom. The molecule has 7 heteroatoms. The molecule has 1 aliphatic heterocycles. The molecule has 0 saturated heterocycles. The first-order valence-corrected chi connectivity index (χ1v) is 19.6. The van der Waals surface area contributed by atoms with Crippen molar-refractivity contribution in [2.45, 2.75) is 52.4 Å². The third-order valence-corrected chi connectivity index (χ3v) is 10.9. The topological polar surface area (TPSA) is 75.7 Å². The number of fused-ring (bicyclic) bond motifs is 2. The molecule has 0 bridgehead atoms. The molecule has 2 aromatic heterocycles. The number of pyridine rings is 1. The van der Waals surface area contributed by atoms with Gasteiger partial charge in [0.25, 0.3) is 0 Å². The van der Waals surface area contributed by atoms with E-state index in [0.717, 1.165) is 77.7 Å². The maximum Gasteiger partial charge on any atom is 0.449 e. The van der Waals surface area contributed by atoms with Gasteiger partial charge in [-0.05, 0) is 69.9 Å². The molecule has 278 valence electrons. The van der Waals surface area contributed by atoms with Crippen molar-refractivity contribution in [2.75, 3.05) is 0 Å². The quantitative estimate of drug-likeness (QED) is 0.173. The van der Waals surface area contributed by atoms with Crippen molar-refractivity contribution in [3.8, 4) is 56.5 Å². The van der Waals surface area contributed by atoms with Gasteiger partial charge in [0.1, 0.15) is 11.6 Å². The molecule has 0 amide bonds. The van der Waals surface area contributed by atoms with Gasteiger partial charge in [-0.2, -0.15) is 0 Å². The molecule has 1 aliphatic rings. The molecule has 6 nitrogen and oxygen atoms in total. The first-order valence-electron chi connectivity index (χ1n) is 19.6. The van der Waals surface area contributed by atoms with E-state index in [9.17, 15) is 5.11 Å². The largest absolute Gasteiger partial charge is 0.507 e. The molecule has 0 unspecified atom stereocenters. The summed E-state index contributed by atoms with van der Waals surface area (Å²) in [5, 5.41) is 14.0. The van der Waals surface area contributed by atoms with Crippen molar-refractivity contribution in [1.29, 1.82) is 0 Å². The highest BCUT2D eigenvalue weighted by Gasteiger charge is 2.29. The van der Waals surface area contributed by atoms with Crippen molar-refractivity contribution in [1.82, 2.24) is 14.5 Å². The zero-order chi connectivity index (χ0) is 39.5. The summed E-state index contributed by atoms with van der Waals surface area (Å²) in [7, 11) is 0. The summed E-state index contributed by atoms with van der Waals surface area (Å²) in [5.74, 6) is 0.914. The van der Waals surface area contributed by atoms with Crippen LogP contribution in [0.15, 0.2) is 161 Å². The van der Waals surface area contributed by atoms with Crippen LogP contribution in [0.4, 0.5) is 0 Å². The second-order valence-electron chi connectivity index (χ2n) is 16.9. The minimum absolute atomic E-state index is 0.169. The number of nitrogens with zero attached hydrogens (tertiary/aromatic N) is 5. The zero-order valence-electron chi connectivity index (χ0n) is 33.2. The highest BCUT2D eigenvalue weighted by molar-refractivity contribution is 6.70. The summed E-state index contributed by atoms with van der Waals surface area (Å²) in [5.41, 5.74) is 11.7. The van der Waals surface area contributed by atoms with Crippen LogP contribution < -0.4 is 16.2 Å². The van der Waals surface area contributed by atoms with Crippen molar-refractivity contribution in [3.63, 3.8) is 0 Å². The summed E-state index contributed by atoms with van der Waals surface area (Å²) in [4.78, 5) is 20.6. The molecule has 0 fully saturated rings. The van der Waals surface area contributed by atoms with E-state index in [-0.39, 0.29) is 23.6 Å². The predicted molar refractivity (Wildman–Crippen MR) is 234 cm³/mol. The van der Waals surface area contributed by atoms with E-state index in [0.29, 0.717) is 11.4 Å². The van der Waals surface area contributed by atoms with Gasteiger partial charge in [0.05, 0.1) is 44.4 Å². The lowest BCUT2D eigenvalue weighted by Gasteiger charge is -2.27. The predicted octanol–water partition coefficient (Wildman–Crippen LogP) is 10.0. The maximum absolute atomic E-state index is 12.3. The number of aromatic nitrogens is 3. The van der Waals surface area contributed by atoms with Crippen LogP contribution in [0, 0.1) is 0 Å². The molecule has 9 rings (SSSR count). The van der Waals surface area contributed by atoms with Crippen LogP contribution in [0.25, 0.3) is 61.8 Å². The average Bonchev–Trinajstić information content (AvgIpc) is 3.83. The van der Waals surface area contributed by atoms with Crippen LogP contribution in [-0.4, -0.2) is 26.6 Å². The summed E-state index contributed by atoms with van der Waals surface area (Å²) >= 11 is 0. The fraction of sp³-hybridized carbons (Fsp3) is 0.160. The van der Waals surface area contributed by atoms with Gasteiger partial charge in [0.2, 0.25) is 0 Å². The molecule has 0 spiro atoms. The van der Waals surface area contributed by atoms with Gasteiger partial charge in [-0.3, -0.25) is 4.57 Å². The van der Waals surface area contributed by atoms with Crippen molar-refractivity contribution in [2.24, 2.45) is 9.81 Å². The molecular formula is C50H44BN5O. The Morgan fingerprint density at radius 2 is 1.19 bits per heavy atom. The number of benzene rings is 6. The standard InChI is InChI=1S/C50H44BN5O/c1-49(2,3)34-30-38(47(57)39(31-34)50(4,5)6)48-53-46-37(22-15-26-45(46)56(48)44-25-14-13-21-36(44)32-17-9-7-10-18-32)41-24-16-23-40(52-41)33-27-28-42-43(29-33)55-51(54-42)35-19-11-8-12-20-35/h7-31,57H,1-6H3. The number of rotatable bonds is 6. The van der Waals surface area contributed by atoms with E-state index in [1.54, 1.807) is 0 Å². The Morgan fingerprint density at radius 1 is 0.526 bits per heavy atom. The van der Waals surface area contributed by atoms with E-state index in [1.807, 2.05) is 42.5 Å². The van der Waals surface area contributed by atoms with Crippen LogP contribution in [0.1, 0.15) is 52.7 Å². The number of para-hydroxylation sites is 2. The lowest BCUT2D eigenvalue weighted by atomic mass is 9.71. The molecule has 1 N–H and O–H groups in total. The van der Waals surface area contributed by atoms with E-state index < -0.39 is 0 Å². The molecule has 6 aromatic carbocycles. The third-order valence-electron chi connectivity index (χ3n) is 10.9. The third kappa shape index (κ3) is 6.63. The van der Waals surface area contributed by atoms with Crippen molar-refractivity contribution < 1.29 is 5.11 Å². The minimum atomic E-state index is -0.310. The van der Waals surface area contributed by atoms with Crippen LogP contribution in [0.3, 0.4) is 0 Å². The number of phenolic OH excluding ortho intramolecular Hbond substituents is 1. The Bertz CT molecular complexity index is 2940. The Kier molecular flexibility index (Phi) is 8.77. The maximum atomic E-state index is 12.3. The lowest BCUT2D eigenvalue weighted by molar-refractivity contribution is 0.446. The van der Waals surface area contributed by atoms with Gasteiger partial charge in [-0.1, -0.05) is 151 Å². The number of aromatic hydroxyl groups is 1. The average molecular weight is 742 g/mol. The van der Waals surface area contributed by atoms with Gasteiger partial charge < -0.3 is 14.9 Å². The van der Waals surface area contributed by atoms with Gasteiger partial charge in [-0.15, -0.1) is 0 Å². The minimum Gasteiger partial charge on any atom is -0.507 e. The Hall–Kier alpha value is -6.60. The fourth-order valence-corrected chi connectivity index (χ4v) is 7.78. The molecule has 0 saturated carbocycles. The monoisotopic (exact) mass is 741 g/mol. The smallest absolute Gasteiger partial charge is 0.449 e. The van der Waals surface area contributed by atoms with Crippen molar-refractivity contribution in [3.05, 3.63) is 174 Å². The number of phenols is 1. The molecule has 0 aliphatic carbocycles. The Balaban J connectivity index is 1.26. The molecule has 3 heterocycles. The molecule has 8 aromatic rings. The van der Waals surface area contributed by atoms with Crippen LogP contribution in [0.5, 0.6) is 5.75 Å². The number of hydrogen-bond acceptors (Lipinski definition) is 5.